The number of esters is 1. The van der Waals surface area contributed by atoms with E-state index < -0.39 is 18.6 Å². The SMILES string of the molecule is CCCCCOC(=O)C1=C(C)Nc2nc3ccccc3n2[C@H]1c1cc(Br)ccc1OC(F)F. The van der Waals surface area contributed by atoms with Crippen LogP contribution in [0.15, 0.2) is 58.2 Å². The van der Waals surface area contributed by atoms with Crippen molar-refractivity contribution >= 4 is 38.9 Å². The molecule has 0 radical (unpaired) electrons. The molecule has 0 spiro atoms. The minimum atomic E-state index is -3.01. The van der Waals surface area contributed by atoms with Crippen LogP contribution in [-0.2, 0) is 9.53 Å². The molecule has 0 fully saturated rings. The number of imidazole rings is 1. The number of hydrogen-bond donors (Lipinski definition) is 1. The predicted molar refractivity (Wildman–Crippen MR) is 125 cm³/mol. The molecule has 1 atom stereocenters. The van der Waals surface area contributed by atoms with Crippen molar-refractivity contribution in [2.45, 2.75) is 45.8 Å². The lowest BCUT2D eigenvalue weighted by molar-refractivity contribution is -0.139. The van der Waals surface area contributed by atoms with Gasteiger partial charge in [0, 0.05) is 15.7 Å². The maximum Gasteiger partial charge on any atom is 0.387 e. The third-order valence-electron chi connectivity index (χ3n) is 5.51. The Morgan fingerprint density at radius 2 is 2.03 bits per heavy atom. The van der Waals surface area contributed by atoms with Gasteiger partial charge in [0.2, 0.25) is 5.95 Å². The lowest BCUT2D eigenvalue weighted by Crippen LogP contribution is -2.29. The molecule has 33 heavy (non-hydrogen) atoms. The van der Waals surface area contributed by atoms with Gasteiger partial charge in [-0.25, -0.2) is 9.78 Å². The number of unbranched alkanes of at least 4 members (excludes halogenated alkanes) is 2. The number of para-hydroxylation sites is 2. The van der Waals surface area contributed by atoms with Crippen LogP contribution in [0.5, 0.6) is 5.75 Å². The molecule has 9 heteroatoms. The van der Waals surface area contributed by atoms with Crippen LogP contribution in [0, 0.1) is 0 Å². The van der Waals surface area contributed by atoms with Gasteiger partial charge in [0.15, 0.2) is 0 Å². The molecule has 0 unspecified atom stereocenters. The smallest absolute Gasteiger partial charge is 0.387 e. The molecule has 1 aliphatic rings. The highest BCUT2D eigenvalue weighted by Crippen LogP contribution is 2.43. The molecule has 1 aromatic heterocycles. The van der Waals surface area contributed by atoms with Crippen LogP contribution in [0.2, 0.25) is 0 Å². The summed E-state index contributed by atoms with van der Waals surface area (Å²) >= 11 is 3.43. The van der Waals surface area contributed by atoms with Crippen LogP contribution in [0.3, 0.4) is 0 Å². The highest BCUT2D eigenvalue weighted by molar-refractivity contribution is 9.10. The van der Waals surface area contributed by atoms with Gasteiger partial charge in [-0.15, -0.1) is 0 Å². The van der Waals surface area contributed by atoms with Crippen LogP contribution in [0.25, 0.3) is 11.0 Å². The third-order valence-corrected chi connectivity index (χ3v) is 6.01. The number of nitrogens with zero attached hydrogens (tertiary/aromatic N) is 2. The van der Waals surface area contributed by atoms with Crippen molar-refractivity contribution in [1.29, 1.82) is 0 Å². The third kappa shape index (κ3) is 4.73. The molecule has 1 N–H and O–H groups in total. The molecule has 0 amide bonds. The average Bonchev–Trinajstić information content (AvgIpc) is 3.14. The zero-order valence-corrected chi connectivity index (χ0v) is 19.9. The molecule has 0 saturated carbocycles. The summed E-state index contributed by atoms with van der Waals surface area (Å²) in [5.41, 5.74) is 2.72. The Morgan fingerprint density at radius 1 is 1.24 bits per heavy atom. The number of carbonyl (C=O) groups is 1. The summed E-state index contributed by atoms with van der Waals surface area (Å²) in [5.74, 6) is -0.0235. The van der Waals surface area contributed by atoms with Crippen molar-refractivity contribution in [1.82, 2.24) is 9.55 Å². The van der Waals surface area contributed by atoms with E-state index in [2.05, 4.69) is 33.2 Å². The Hall–Kier alpha value is -2.94. The maximum absolute atomic E-state index is 13.3. The number of halogens is 3. The van der Waals surface area contributed by atoms with Crippen molar-refractivity contribution < 1.29 is 23.0 Å². The number of anilines is 1. The highest BCUT2D eigenvalue weighted by atomic mass is 79.9. The van der Waals surface area contributed by atoms with E-state index in [0.29, 0.717) is 32.8 Å². The standard InChI is InChI=1S/C24H24BrF2N3O3/c1-3-4-7-12-32-22(31)20-14(2)28-24-29-17-8-5-6-9-18(17)30(24)21(20)16-13-15(25)10-11-19(16)33-23(26)27/h5-6,8-11,13,21,23H,3-4,7,12H2,1-2H3,(H,28,29)/t21-/m0/s1. The van der Waals surface area contributed by atoms with E-state index in [4.69, 9.17) is 9.47 Å². The number of fused-ring (bicyclic) bond motifs is 3. The second-order valence-electron chi connectivity index (χ2n) is 7.76. The number of nitrogens with one attached hydrogen (secondary N) is 1. The van der Waals surface area contributed by atoms with Gasteiger partial charge in [-0.2, -0.15) is 8.78 Å². The lowest BCUT2D eigenvalue weighted by atomic mass is 9.94. The molecule has 2 heterocycles. The Balaban J connectivity index is 1.88. The molecule has 2 aromatic carbocycles. The zero-order chi connectivity index (χ0) is 23.5. The fourth-order valence-corrected chi connectivity index (χ4v) is 4.43. The van der Waals surface area contributed by atoms with E-state index in [1.807, 2.05) is 28.8 Å². The predicted octanol–water partition coefficient (Wildman–Crippen LogP) is 6.42. The zero-order valence-electron chi connectivity index (χ0n) is 18.3. The van der Waals surface area contributed by atoms with Crippen molar-refractivity contribution in [2.24, 2.45) is 0 Å². The van der Waals surface area contributed by atoms with Crippen LogP contribution < -0.4 is 10.1 Å². The number of allylic oxidation sites excluding steroid dienone is 1. The van der Waals surface area contributed by atoms with Crippen molar-refractivity contribution in [3.63, 3.8) is 0 Å². The van der Waals surface area contributed by atoms with E-state index in [1.54, 1.807) is 19.1 Å². The Kier molecular flexibility index (Phi) is 6.97. The molecule has 3 aromatic rings. The Labute approximate surface area is 198 Å². The lowest BCUT2D eigenvalue weighted by Gasteiger charge is -2.31. The number of hydrogen-bond acceptors (Lipinski definition) is 5. The van der Waals surface area contributed by atoms with Gasteiger partial charge < -0.3 is 14.8 Å². The van der Waals surface area contributed by atoms with E-state index in [0.717, 1.165) is 24.8 Å². The number of carbonyl (C=O) groups excluding carboxylic acids is 1. The monoisotopic (exact) mass is 519 g/mol. The van der Waals surface area contributed by atoms with Crippen molar-refractivity contribution in [3.8, 4) is 5.75 Å². The first-order chi connectivity index (χ1) is 15.9. The number of benzene rings is 2. The molecule has 0 aliphatic carbocycles. The van der Waals surface area contributed by atoms with Crippen molar-refractivity contribution in [3.05, 3.63) is 63.8 Å². The summed E-state index contributed by atoms with van der Waals surface area (Å²) in [5, 5.41) is 3.19. The molecular formula is C24H24BrF2N3O3. The quantitative estimate of drug-likeness (QED) is 0.274. The normalized spacial score (nSPS) is 15.5. The minimum Gasteiger partial charge on any atom is -0.462 e. The second-order valence-corrected chi connectivity index (χ2v) is 8.68. The first kappa shape index (κ1) is 23.2. The summed E-state index contributed by atoms with van der Waals surface area (Å²) in [4.78, 5) is 17.9. The fraction of sp³-hybridized carbons (Fsp3) is 0.333. The fourth-order valence-electron chi connectivity index (χ4n) is 4.05. The van der Waals surface area contributed by atoms with E-state index in [-0.39, 0.29) is 12.4 Å². The minimum absolute atomic E-state index is 0.0204. The topological polar surface area (TPSA) is 65.4 Å². The van der Waals surface area contributed by atoms with Crippen LogP contribution in [0.1, 0.15) is 44.7 Å². The first-order valence-corrected chi connectivity index (χ1v) is 11.6. The second kappa shape index (κ2) is 9.91. The van der Waals surface area contributed by atoms with Crippen LogP contribution >= 0.6 is 15.9 Å². The van der Waals surface area contributed by atoms with E-state index in [1.165, 1.54) is 6.07 Å². The number of alkyl halides is 2. The van der Waals surface area contributed by atoms with Gasteiger partial charge in [0.1, 0.15) is 5.75 Å². The van der Waals surface area contributed by atoms with Crippen molar-refractivity contribution in [2.75, 3.05) is 11.9 Å². The molecule has 4 rings (SSSR count). The maximum atomic E-state index is 13.3. The van der Waals surface area contributed by atoms with Gasteiger partial charge >= 0.3 is 12.6 Å². The summed E-state index contributed by atoms with van der Waals surface area (Å²) in [6.45, 7) is 1.09. The molecule has 0 bridgehead atoms. The van der Waals surface area contributed by atoms with Crippen LogP contribution in [0.4, 0.5) is 14.7 Å². The number of rotatable bonds is 8. The van der Waals surface area contributed by atoms with Gasteiger partial charge in [0.05, 0.1) is 29.3 Å². The van der Waals surface area contributed by atoms with Crippen LogP contribution in [-0.4, -0.2) is 28.7 Å². The Morgan fingerprint density at radius 3 is 2.79 bits per heavy atom. The summed E-state index contributed by atoms with van der Waals surface area (Å²) in [7, 11) is 0. The van der Waals surface area contributed by atoms with Gasteiger partial charge in [-0.1, -0.05) is 47.8 Å². The average molecular weight is 520 g/mol. The van der Waals surface area contributed by atoms with Gasteiger partial charge in [0.25, 0.3) is 0 Å². The van der Waals surface area contributed by atoms with E-state index >= 15 is 0 Å². The molecule has 0 saturated heterocycles. The molecule has 6 nitrogen and oxygen atoms in total. The van der Waals surface area contributed by atoms with Gasteiger partial charge in [-0.3, -0.25) is 4.57 Å². The van der Waals surface area contributed by atoms with E-state index in [9.17, 15) is 13.6 Å². The summed E-state index contributed by atoms with van der Waals surface area (Å²) in [6.07, 6.45) is 2.70. The molecule has 174 valence electrons. The van der Waals surface area contributed by atoms with Gasteiger partial charge in [-0.05, 0) is 43.7 Å². The first-order valence-electron chi connectivity index (χ1n) is 10.8. The molecular weight excluding hydrogens is 496 g/mol. The highest BCUT2D eigenvalue weighted by Gasteiger charge is 2.37. The Bertz CT molecular complexity index is 1210. The molecule has 1 aliphatic heterocycles. The number of ether oxygens (including phenoxy) is 2. The summed E-state index contributed by atoms with van der Waals surface area (Å²) < 4.78 is 39.4. The largest absolute Gasteiger partial charge is 0.462 e. The number of aromatic nitrogens is 2. The summed E-state index contributed by atoms with van der Waals surface area (Å²) in [6, 6.07) is 11.4.